The molecule has 8 heteroatoms. The number of rotatable bonds is 9. The standard InChI is InChI=1S/C21H23FN4O2S/c1-3-15(2)23-20(27)14-29-21-25-24-19(26(21)16-9-5-4-6-10-16)13-28-18-12-8-7-11-17(18)22/h4-12,15H,3,13-14H2,1-2H3,(H,23,27)/t15-/m0/s1. The molecule has 0 spiro atoms. The van der Waals surface area contributed by atoms with Crippen LogP contribution in [0.2, 0.25) is 0 Å². The van der Waals surface area contributed by atoms with Gasteiger partial charge in [0.25, 0.3) is 0 Å². The number of hydrogen-bond donors (Lipinski definition) is 1. The van der Waals surface area contributed by atoms with Crippen LogP contribution >= 0.6 is 11.8 Å². The van der Waals surface area contributed by atoms with E-state index in [9.17, 15) is 9.18 Å². The third kappa shape index (κ3) is 5.57. The van der Waals surface area contributed by atoms with Gasteiger partial charge in [-0.25, -0.2) is 4.39 Å². The second-order valence-corrected chi connectivity index (χ2v) is 7.40. The summed E-state index contributed by atoms with van der Waals surface area (Å²) in [6.45, 7) is 4.03. The van der Waals surface area contributed by atoms with Crippen LogP contribution in [0.3, 0.4) is 0 Å². The maximum Gasteiger partial charge on any atom is 0.230 e. The second-order valence-electron chi connectivity index (χ2n) is 6.45. The van der Waals surface area contributed by atoms with Crippen molar-refractivity contribution in [1.29, 1.82) is 0 Å². The number of thioether (sulfide) groups is 1. The van der Waals surface area contributed by atoms with Crippen LogP contribution in [-0.2, 0) is 11.4 Å². The molecule has 152 valence electrons. The molecule has 0 saturated heterocycles. The first-order chi connectivity index (χ1) is 14.1. The third-order valence-corrected chi connectivity index (χ3v) is 5.19. The Hall–Kier alpha value is -2.87. The summed E-state index contributed by atoms with van der Waals surface area (Å²) in [5, 5.41) is 11.9. The Morgan fingerprint density at radius 3 is 2.62 bits per heavy atom. The molecule has 0 aliphatic heterocycles. The summed E-state index contributed by atoms with van der Waals surface area (Å²) in [7, 11) is 0. The molecule has 0 unspecified atom stereocenters. The maximum absolute atomic E-state index is 13.8. The van der Waals surface area contributed by atoms with E-state index in [1.807, 2.05) is 48.7 Å². The summed E-state index contributed by atoms with van der Waals surface area (Å²) in [5.41, 5.74) is 0.842. The lowest BCUT2D eigenvalue weighted by molar-refractivity contribution is -0.119. The first-order valence-electron chi connectivity index (χ1n) is 9.37. The van der Waals surface area contributed by atoms with Gasteiger partial charge in [0.2, 0.25) is 5.91 Å². The van der Waals surface area contributed by atoms with E-state index in [0.717, 1.165) is 12.1 Å². The van der Waals surface area contributed by atoms with Gasteiger partial charge in [-0.05, 0) is 37.6 Å². The highest BCUT2D eigenvalue weighted by Gasteiger charge is 2.17. The van der Waals surface area contributed by atoms with Crippen LogP contribution in [-0.4, -0.2) is 32.5 Å². The van der Waals surface area contributed by atoms with Crippen molar-refractivity contribution in [3.63, 3.8) is 0 Å². The van der Waals surface area contributed by atoms with E-state index in [2.05, 4.69) is 15.5 Å². The third-order valence-electron chi connectivity index (χ3n) is 4.26. The number of carbonyl (C=O) groups excluding carboxylic acids is 1. The van der Waals surface area contributed by atoms with Crippen molar-refractivity contribution in [3.8, 4) is 11.4 Å². The molecule has 6 nitrogen and oxygen atoms in total. The molecule has 0 fully saturated rings. The van der Waals surface area contributed by atoms with Gasteiger partial charge in [-0.15, -0.1) is 10.2 Å². The van der Waals surface area contributed by atoms with Crippen molar-refractivity contribution in [1.82, 2.24) is 20.1 Å². The molecule has 1 atom stereocenters. The fourth-order valence-electron chi connectivity index (χ4n) is 2.58. The Kier molecular flexibility index (Phi) is 7.24. The van der Waals surface area contributed by atoms with E-state index in [0.29, 0.717) is 11.0 Å². The van der Waals surface area contributed by atoms with Crippen molar-refractivity contribution < 1.29 is 13.9 Å². The lowest BCUT2D eigenvalue weighted by atomic mass is 10.3. The molecule has 1 amide bonds. The zero-order valence-corrected chi connectivity index (χ0v) is 17.2. The Bertz CT molecular complexity index is 949. The van der Waals surface area contributed by atoms with Crippen LogP contribution in [0.25, 0.3) is 5.69 Å². The summed E-state index contributed by atoms with van der Waals surface area (Å²) in [6, 6.07) is 15.9. The Morgan fingerprint density at radius 1 is 1.17 bits per heavy atom. The first kappa shape index (κ1) is 20.9. The summed E-state index contributed by atoms with van der Waals surface area (Å²) in [6.07, 6.45) is 0.869. The quantitative estimate of drug-likeness (QED) is 0.536. The summed E-state index contributed by atoms with van der Waals surface area (Å²) < 4.78 is 21.3. The van der Waals surface area contributed by atoms with Gasteiger partial charge in [0, 0.05) is 11.7 Å². The largest absolute Gasteiger partial charge is 0.483 e. The van der Waals surface area contributed by atoms with Crippen LogP contribution in [0, 0.1) is 5.82 Å². The first-order valence-corrected chi connectivity index (χ1v) is 10.4. The van der Waals surface area contributed by atoms with E-state index in [1.54, 1.807) is 18.2 Å². The number of ether oxygens (including phenoxy) is 1. The number of amides is 1. The number of halogens is 1. The zero-order valence-electron chi connectivity index (χ0n) is 16.3. The van der Waals surface area contributed by atoms with Gasteiger partial charge in [-0.2, -0.15) is 0 Å². The van der Waals surface area contributed by atoms with Crippen LogP contribution in [0.5, 0.6) is 5.75 Å². The van der Waals surface area contributed by atoms with E-state index >= 15 is 0 Å². The number of nitrogens with zero attached hydrogens (tertiary/aromatic N) is 3. The minimum atomic E-state index is -0.436. The van der Waals surface area contributed by atoms with E-state index < -0.39 is 5.82 Å². The molecule has 0 aliphatic rings. The molecule has 1 heterocycles. The van der Waals surface area contributed by atoms with Gasteiger partial charge in [-0.1, -0.05) is 49.0 Å². The lowest BCUT2D eigenvalue weighted by Crippen LogP contribution is -2.33. The highest BCUT2D eigenvalue weighted by atomic mass is 32.2. The fourth-order valence-corrected chi connectivity index (χ4v) is 3.36. The number of aromatic nitrogens is 3. The van der Waals surface area contributed by atoms with Crippen molar-refractivity contribution in [2.24, 2.45) is 0 Å². The topological polar surface area (TPSA) is 69.0 Å². The fraction of sp³-hybridized carbons (Fsp3) is 0.286. The van der Waals surface area contributed by atoms with Crippen molar-refractivity contribution in [2.75, 3.05) is 5.75 Å². The van der Waals surface area contributed by atoms with Gasteiger partial charge in [0.15, 0.2) is 22.5 Å². The van der Waals surface area contributed by atoms with Crippen LogP contribution in [0.15, 0.2) is 59.8 Å². The van der Waals surface area contributed by atoms with Crippen LogP contribution < -0.4 is 10.1 Å². The predicted molar refractivity (Wildman–Crippen MR) is 111 cm³/mol. The van der Waals surface area contributed by atoms with Gasteiger partial charge in [0.1, 0.15) is 6.61 Å². The highest BCUT2D eigenvalue weighted by molar-refractivity contribution is 7.99. The minimum Gasteiger partial charge on any atom is -0.483 e. The van der Waals surface area contributed by atoms with E-state index in [4.69, 9.17) is 4.74 Å². The Balaban J connectivity index is 1.78. The summed E-state index contributed by atoms with van der Waals surface area (Å²) in [4.78, 5) is 12.1. The Morgan fingerprint density at radius 2 is 1.90 bits per heavy atom. The number of benzene rings is 2. The number of nitrogens with one attached hydrogen (secondary N) is 1. The molecular formula is C21H23FN4O2S. The Labute approximate surface area is 173 Å². The van der Waals surface area contributed by atoms with Crippen molar-refractivity contribution >= 4 is 17.7 Å². The molecule has 1 aromatic heterocycles. The zero-order chi connectivity index (χ0) is 20.6. The lowest BCUT2D eigenvalue weighted by Gasteiger charge is -2.12. The SMILES string of the molecule is CC[C@H](C)NC(=O)CSc1nnc(COc2ccccc2F)n1-c1ccccc1. The van der Waals surface area contributed by atoms with Gasteiger partial charge in [0.05, 0.1) is 5.75 Å². The molecule has 0 radical (unpaired) electrons. The smallest absolute Gasteiger partial charge is 0.230 e. The number of carbonyl (C=O) groups is 1. The average molecular weight is 415 g/mol. The normalized spacial score (nSPS) is 11.8. The minimum absolute atomic E-state index is 0.0441. The molecule has 2 aromatic carbocycles. The molecule has 0 aliphatic carbocycles. The molecule has 3 rings (SSSR count). The molecule has 29 heavy (non-hydrogen) atoms. The predicted octanol–water partition coefficient (Wildman–Crippen LogP) is 3.99. The van der Waals surface area contributed by atoms with E-state index in [-0.39, 0.29) is 30.1 Å². The molecule has 0 saturated carbocycles. The number of hydrogen-bond acceptors (Lipinski definition) is 5. The van der Waals surface area contributed by atoms with E-state index in [1.165, 1.54) is 17.8 Å². The van der Waals surface area contributed by atoms with Crippen LogP contribution in [0.4, 0.5) is 4.39 Å². The van der Waals surface area contributed by atoms with Crippen LogP contribution in [0.1, 0.15) is 26.1 Å². The average Bonchev–Trinajstić information content (AvgIpc) is 3.15. The molecular weight excluding hydrogens is 391 g/mol. The van der Waals surface area contributed by atoms with Gasteiger partial charge < -0.3 is 10.1 Å². The van der Waals surface area contributed by atoms with Gasteiger partial charge >= 0.3 is 0 Å². The maximum atomic E-state index is 13.8. The monoisotopic (exact) mass is 414 g/mol. The highest BCUT2D eigenvalue weighted by Crippen LogP contribution is 2.23. The number of para-hydroxylation sites is 2. The van der Waals surface area contributed by atoms with Gasteiger partial charge in [-0.3, -0.25) is 9.36 Å². The van der Waals surface area contributed by atoms with Crippen molar-refractivity contribution in [3.05, 3.63) is 66.2 Å². The summed E-state index contributed by atoms with van der Waals surface area (Å²) >= 11 is 1.30. The molecule has 0 bridgehead atoms. The van der Waals surface area contributed by atoms with Crippen molar-refractivity contribution in [2.45, 2.75) is 38.1 Å². The molecule has 1 N–H and O–H groups in total. The second kappa shape index (κ2) is 10.1. The molecule has 3 aromatic rings. The summed E-state index contributed by atoms with van der Waals surface area (Å²) in [5.74, 6) is 0.399.